The zero-order valence-electron chi connectivity index (χ0n) is 19.7. The highest BCUT2D eigenvalue weighted by molar-refractivity contribution is 8.15. The Labute approximate surface area is 205 Å². The van der Waals surface area contributed by atoms with Crippen molar-refractivity contribution in [3.05, 3.63) is 58.7 Å². The molecule has 1 N–H and O–H groups in total. The Hall–Kier alpha value is -2.52. The minimum atomic E-state index is -2.98. The molecule has 7 nitrogen and oxygen atoms in total. The highest BCUT2D eigenvalue weighted by atomic mass is 32.2. The maximum Gasteiger partial charge on any atom is 0.254 e. The van der Waals surface area contributed by atoms with Crippen molar-refractivity contribution in [3.63, 3.8) is 0 Å². The molecule has 0 unspecified atom stereocenters. The number of hydrogen-bond acceptors (Lipinski definition) is 7. The van der Waals surface area contributed by atoms with Crippen molar-refractivity contribution in [3.8, 4) is 0 Å². The number of nitrogens with one attached hydrogen (secondary N) is 1. The zero-order valence-corrected chi connectivity index (χ0v) is 21.4. The Morgan fingerprint density at radius 2 is 1.74 bits per heavy atom. The lowest BCUT2D eigenvalue weighted by Gasteiger charge is -2.37. The minimum absolute atomic E-state index is 0.00837. The Balaban J connectivity index is 1.25. The number of anilines is 2. The van der Waals surface area contributed by atoms with Gasteiger partial charge in [-0.2, -0.15) is 0 Å². The van der Waals surface area contributed by atoms with Crippen molar-refractivity contribution in [2.75, 3.05) is 47.9 Å². The van der Waals surface area contributed by atoms with E-state index in [-0.39, 0.29) is 28.7 Å². The van der Waals surface area contributed by atoms with E-state index in [9.17, 15) is 13.2 Å². The van der Waals surface area contributed by atoms with Crippen molar-refractivity contribution in [2.24, 2.45) is 4.99 Å². The fourth-order valence-corrected chi connectivity index (χ4v) is 8.48. The Morgan fingerprint density at radius 3 is 2.47 bits per heavy atom. The average Bonchev–Trinajstić information content (AvgIpc) is 3.29. The van der Waals surface area contributed by atoms with Gasteiger partial charge in [-0.25, -0.2) is 8.42 Å². The van der Waals surface area contributed by atoms with Gasteiger partial charge in [0.15, 0.2) is 15.0 Å². The highest BCUT2D eigenvalue weighted by Crippen LogP contribution is 2.35. The lowest BCUT2D eigenvalue weighted by molar-refractivity contribution is 0.0747. The third kappa shape index (κ3) is 4.68. The summed E-state index contributed by atoms with van der Waals surface area (Å²) in [6.07, 6.45) is 0. The van der Waals surface area contributed by atoms with Gasteiger partial charge in [0, 0.05) is 48.4 Å². The third-order valence-corrected chi connectivity index (χ3v) is 9.96. The van der Waals surface area contributed by atoms with Gasteiger partial charge in [-0.1, -0.05) is 30.0 Å². The van der Waals surface area contributed by atoms with E-state index in [1.165, 1.54) is 28.6 Å². The van der Waals surface area contributed by atoms with Gasteiger partial charge in [0.1, 0.15) is 0 Å². The number of rotatable bonds is 3. The molecule has 34 heavy (non-hydrogen) atoms. The topological polar surface area (TPSA) is 82.1 Å². The number of amides is 1. The van der Waals surface area contributed by atoms with E-state index in [4.69, 9.17) is 0 Å². The van der Waals surface area contributed by atoms with Crippen molar-refractivity contribution in [1.82, 2.24) is 4.90 Å². The molecule has 0 saturated carbocycles. The lowest BCUT2D eigenvalue weighted by Crippen LogP contribution is -2.49. The molecule has 0 aliphatic carbocycles. The predicted octanol–water partition coefficient (Wildman–Crippen LogP) is 3.25. The average molecular weight is 499 g/mol. The van der Waals surface area contributed by atoms with Crippen LogP contribution in [0.4, 0.5) is 11.4 Å². The van der Waals surface area contributed by atoms with Crippen LogP contribution in [0.15, 0.2) is 41.4 Å². The van der Waals surface area contributed by atoms with Crippen LogP contribution < -0.4 is 10.2 Å². The molecule has 2 aromatic rings. The smallest absolute Gasteiger partial charge is 0.254 e. The summed E-state index contributed by atoms with van der Waals surface area (Å²) in [5, 5.41) is 4.07. The number of piperazine rings is 1. The first-order valence-corrected chi connectivity index (χ1v) is 14.3. The summed E-state index contributed by atoms with van der Waals surface area (Å²) in [4.78, 5) is 22.1. The molecular formula is C25H30N4O3S2. The summed E-state index contributed by atoms with van der Waals surface area (Å²) in [5.74, 6) is 0.344. The summed E-state index contributed by atoms with van der Waals surface area (Å²) in [6.45, 7) is 9.22. The predicted molar refractivity (Wildman–Crippen MR) is 140 cm³/mol. The van der Waals surface area contributed by atoms with E-state index in [2.05, 4.69) is 47.3 Å². The zero-order chi connectivity index (χ0) is 24.0. The molecule has 0 bridgehead atoms. The molecule has 2 fully saturated rings. The van der Waals surface area contributed by atoms with Gasteiger partial charge < -0.3 is 15.1 Å². The number of carbonyl (C=O) groups is 1. The van der Waals surface area contributed by atoms with Crippen LogP contribution in [-0.2, 0) is 9.84 Å². The molecule has 9 heteroatoms. The fraction of sp³-hybridized carbons (Fsp3) is 0.440. The number of aliphatic imine (C=N–C) groups is 1. The van der Waals surface area contributed by atoms with E-state index >= 15 is 0 Å². The van der Waals surface area contributed by atoms with Crippen molar-refractivity contribution >= 4 is 44.0 Å². The second-order valence-corrected chi connectivity index (χ2v) is 12.8. The SMILES string of the molecule is Cc1ccc(C)c(N2CCN(C(=O)c3ccc(C)c(NC4=N[C@H]5CS(=O)(=O)C[C@H]5S4)c3)CC2)c1. The molecule has 2 saturated heterocycles. The standard InChI is InChI=1S/C25H30N4O3S2/c1-16-4-5-18(3)22(12-16)28-8-10-29(11-9-28)24(30)19-7-6-17(2)20(13-19)26-25-27-21-14-34(31,32)15-23(21)33-25/h4-7,12-13,21,23H,8-11,14-15H2,1-3H3,(H,26,27)/t21-,23+/m0/s1. The largest absolute Gasteiger partial charge is 0.368 e. The van der Waals surface area contributed by atoms with Crippen LogP contribution in [0.5, 0.6) is 0 Å². The molecule has 3 aliphatic heterocycles. The van der Waals surface area contributed by atoms with Crippen LogP contribution in [-0.4, -0.2) is 73.4 Å². The summed E-state index contributed by atoms with van der Waals surface area (Å²) in [6, 6.07) is 12.1. The van der Waals surface area contributed by atoms with Crippen molar-refractivity contribution in [1.29, 1.82) is 0 Å². The molecule has 180 valence electrons. The summed E-state index contributed by atoms with van der Waals surface area (Å²) in [7, 11) is -2.98. The first-order valence-electron chi connectivity index (χ1n) is 11.6. The van der Waals surface area contributed by atoms with E-state index in [0.717, 1.165) is 29.5 Å². The lowest BCUT2D eigenvalue weighted by atomic mass is 10.1. The molecule has 3 aliphatic rings. The van der Waals surface area contributed by atoms with E-state index in [1.807, 2.05) is 30.0 Å². The molecule has 0 aromatic heterocycles. The maximum absolute atomic E-state index is 13.3. The molecular weight excluding hydrogens is 468 g/mol. The summed E-state index contributed by atoms with van der Waals surface area (Å²) >= 11 is 1.49. The molecule has 0 spiro atoms. The van der Waals surface area contributed by atoms with Crippen LogP contribution in [0.2, 0.25) is 0 Å². The van der Waals surface area contributed by atoms with E-state index < -0.39 is 9.84 Å². The van der Waals surface area contributed by atoms with Crippen molar-refractivity contribution < 1.29 is 13.2 Å². The number of nitrogens with zero attached hydrogens (tertiary/aromatic N) is 3. The van der Waals surface area contributed by atoms with Gasteiger partial charge >= 0.3 is 0 Å². The van der Waals surface area contributed by atoms with E-state index in [1.54, 1.807) is 0 Å². The number of sulfone groups is 1. The number of amidine groups is 1. The third-order valence-electron chi connectivity index (χ3n) is 6.82. The van der Waals surface area contributed by atoms with Gasteiger partial charge in [-0.05, 0) is 55.7 Å². The Morgan fingerprint density at radius 1 is 1.00 bits per heavy atom. The van der Waals surface area contributed by atoms with Gasteiger partial charge in [0.2, 0.25) is 0 Å². The van der Waals surface area contributed by atoms with E-state index in [0.29, 0.717) is 18.7 Å². The fourth-order valence-electron chi connectivity index (χ4n) is 4.81. The molecule has 1 amide bonds. The maximum atomic E-state index is 13.3. The minimum Gasteiger partial charge on any atom is -0.368 e. The molecule has 0 radical (unpaired) electrons. The van der Waals surface area contributed by atoms with Gasteiger partial charge in [-0.3, -0.25) is 9.79 Å². The second kappa shape index (κ2) is 8.92. The van der Waals surface area contributed by atoms with Gasteiger partial charge in [-0.15, -0.1) is 0 Å². The first kappa shape index (κ1) is 23.2. The Kier molecular flexibility index (Phi) is 6.10. The molecule has 3 heterocycles. The number of carbonyl (C=O) groups excluding carboxylic acids is 1. The van der Waals surface area contributed by atoms with Crippen LogP contribution in [0, 0.1) is 20.8 Å². The first-order chi connectivity index (χ1) is 16.2. The number of thioether (sulfide) groups is 1. The van der Waals surface area contributed by atoms with Gasteiger partial charge in [0.25, 0.3) is 5.91 Å². The molecule has 2 aromatic carbocycles. The second-order valence-electron chi connectivity index (χ2n) is 9.46. The summed E-state index contributed by atoms with van der Waals surface area (Å²) < 4.78 is 23.6. The number of benzene rings is 2. The molecule has 2 atom stereocenters. The summed E-state index contributed by atoms with van der Waals surface area (Å²) in [5.41, 5.74) is 6.27. The molecule has 5 rings (SSSR count). The van der Waals surface area contributed by atoms with Crippen LogP contribution in [0.3, 0.4) is 0 Å². The Bertz CT molecular complexity index is 1270. The van der Waals surface area contributed by atoms with Crippen LogP contribution >= 0.6 is 11.8 Å². The monoisotopic (exact) mass is 498 g/mol. The number of aryl methyl sites for hydroxylation is 3. The van der Waals surface area contributed by atoms with Crippen LogP contribution in [0.25, 0.3) is 0 Å². The number of fused-ring (bicyclic) bond motifs is 1. The van der Waals surface area contributed by atoms with Crippen LogP contribution in [0.1, 0.15) is 27.0 Å². The quantitative estimate of drug-likeness (QED) is 0.700. The normalized spacial score (nSPS) is 23.6. The van der Waals surface area contributed by atoms with Gasteiger partial charge in [0.05, 0.1) is 17.5 Å². The number of hydrogen-bond donors (Lipinski definition) is 1. The van der Waals surface area contributed by atoms with Crippen molar-refractivity contribution in [2.45, 2.75) is 32.1 Å². The highest BCUT2D eigenvalue weighted by Gasteiger charge is 2.42.